The van der Waals surface area contributed by atoms with Crippen molar-refractivity contribution in [3.8, 4) is 16.9 Å². The van der Waals surface area contributed by atoms with E-state index in [0.29, 0.717) is 5.75 Å². The van der Waals surface area contributed by atoms with E-state index in [0.717, 1.165) is 11.1 Å². The molecule has 2 aromatic carbocycles. The SMILES string of the molecule is NC(CCOc1ccc(-c2ccccc2)cc1)C(=O)O. The van der Waals surface area contributed by atoms with Gasteiger partial charge in [-0.3, -0.25) is 4.79 Å². The lowest BCUT2D eigenvalue weighted by molar-refractivity contribution is -0.138. The van der Waals surface area contributed by atoms with Crippen molar-refractivity contribution in [2.45, 2.75) is 12.5 Å². The highest BCUT2D eigenvalue weighted by Gasteiger charge is 2.10. The Kier molecular flexibility index (Phi) is 4.74. The summed E-state index contributed by atoms with van der Waals surface area (Å²) in [7, 11) is 0. The predicted octanol–water partition coefficient (Wildman–Crippen LogP) is 2.53. The van der Waals surface area contributed by atoms with Gasteiger partial charge in [0.15, 0.2) is 0 Å². The van der Waals surface area contributed by atoms with Gasteiger partial charge in [0.1, 0.15) is 11.8 Å². The molecule has 0 aromatic heterocycles. The molecule has 0 aliphatic heterocycles. The first kappa shape index (κ1) is 14.1. The summed E-state index contributed by atoms with van der Waals surface area (Å²) in [6, 6.07) is 16.9. The molecule has 0 bridgehead atoms. The lowest BCUT2D eigenvalue weighted by Crippen LogP contribution is -2.31. The van der Waals surface area contributed by atoms with E-state index in [1.807, 2.05) is 54.6 Å². The van der Waals surface area contributed by atoms with E-state index >= 15 is 0 Å². The minimum atomic E-state index is -1.01. The highest BCUT2D eigenvalue weighted by Crippen LogP contribution is 2.22. The molecule has 0 fully saturated rings. The molecule has 1 unspecified atom stereocenters. The zero-order chi connectivity index (χ0) is 14.4. The molecule has 0 aliphatic carbocycles. The fourth-order valence-electron chi connectivity index (χ4n) is 1.80. The van der Waals surface area contributed by atoms with E-state index in [1.54, 1.807) is 0 Å². The number of hydrogen-bond donors (Lipinski definition) is 2. The van der Waals surface area contributed by atoms with E-state index < -0.39 is 12.0 Å². The van der Waals surface area contributed by atoms with E-state index in [1.165, 1.54) is 0 Å². The van der Waals surface area contributed by atoms with Crippen LogP contribution in [-0.4, -0.2) is 23.7 Å². The van der Waals surface area contributed by atoms with Gasteiger partial charge < -0.3 is 15.6 Å². The van der Waals surface area contributed by atoms with Gasteiger partial charge in [-0.2, -0.15) is 0 Å². The Hall–Kier alpha value is -2.33. The van der Waals surface area contributed by atoms with Crippen molar-refractivity contribution in [1.82, 2.24) is 0 Å². The molecule has 1 atom stereocenters. The van der Waals surface area contributed by atoms with Crippen LogP contribution in [0.15, 0.2) is 54.6 Å². The largest absolute Gasteiger partial charge is 0.494 e. The highest BCUT2D eigenvalue weighted by atomic mass is 16.5. The van der Waals surface area contributed by atoms with Gasteiger partial charge in [0.05, 0.1) is 6.61 Å². The Morgan fingerprint density at radius 3 is 2.25 bits per heavy atom. The molecule has 0 radical (unpaired) electrons. The van der Waals surface area contributed by atoms with Gasteiger partial charge in [-0.05, 0) is 23.3 Å². The van der Waals surface area contributed by atoms with Crippen molar-refractivity contribution in [3.05, 3.63) is 54.6 Å². The van der Waals surface area contributed by atoms with Crippen molar-refractivity contribution in [1.29, 1.82) is 0 Å². The topological polar surface area (TPSA) is 72.5 Å². The lowest BCUT2D eigenvalue weighted by Gasteiger charge is -2.09. The summed E-state index contributed by atoms with van der Waals surface area (Å²) in [4.78, 5) is 10.6. The van der Waals surface area contributed by atoms with Crippen LogP contribution < -0.4 is 10.5 Å². The molecular formula is C16H17NO3. The molecule has 0 saturated carbocycles. The Balaban J connectivity index is 1.91. The number of rotatable bonds is 6. The maximum Gasteiger partial charge on any atom is 0.320 e. The van der Waals surface area contributed by atoms with Gasteiger partial charge in [0.25, 0.3) is 0 Å². The van der Waals surface area contributed by atoms with Crippen LogP contribution in [0, 0.1) is 0 Å². The van der Waals surface area contributed by atoms with E-state index in [9.17, 15) is 4.79 Å². The Bertz CT molecular complexity index is 552. The van der Waals surface area contributed by atoms with Crippen molar-refractivity contribution < 1.29 is 14.6 Å². The number of ether oxygens (including phenoxy) is 1. The van der Waals surface area contributed by atoms with Crippen LogP contribution in [0.25, 0.3) is 11.1 Å². The third-order valence-corrected chi connectivity index (χ3v) is 2.98. The minimum absolute atomic E-state index is 0.287. The van der Waals surface area contributed by atoms with Gasteiger partial charge in [-0.15, -0.1) is 0 Å². The summed E-state index contributed by atoms with van der Waals surface area (Å²) in [5.41, 5.74) is 7.66. The van der Waals surface area contributed by atoms with E-state index in [-0.39, 0.29) is 13.0 Å². The number of nitrogens with two attached hydrogens (primary N) is 1. The number of carbonyl (C=O) groups is 1. The summed E-state index contributed by atoms with van der Waals surface area (Å²) in [6.45, 7) is 0.290. The predicted molar refractivity (Wildman–Crippen MR) is 77.6 cm³/mol. The van der Waals surface area contributed by atoms with Crippen molar-refractivity contribution in [2.75, 3.05) is 6.61 Å². The number of carboxylic acids is 1. The fourth-order valence-corrected chi connectivity index (χ4v) is 1.80. The standard InChI is InChI=1S/C16H17NO3/c17-15(16(18)19)10-11-20-14-8-6-13(7-9-14)12-4-2-1-3-5-12/h1-9,15H,10-11,17H2,(H,18,19). The van der Waals surface area contributed by atoms with Crippen LogP contribution in [-0.2, 0) is 4.79 Å². The summed E-state index contributed by atoms with van der Waals surface area (Å²) in [5.74, 6) is -0.296. The maximum atomic E-state index is 10.6. The van der Waals surface area contributed by atoms with Crippen LogP contribution in [0.1, 0.15) is 6.42 Å². The highest BCUT2D eigenvalue weighted by molar-refractivity contribution is 5.73. The third kappa shape index (κ3) is 3.83. The summed E-state index contributed by atoms with van der Waals surface area (Å²) in [6.07, 6.45) is 0.287. The molecule has 0 aliphatic rings. The Labute approximate surface area is 117 Å². The van der Waals surface area contributed by atoms with Gasteiger partial charge in [-0.25, -0.2) is 0 Å². The summed E-state index contributed by atoms with van der Waals surface area (Å²) >= 11 is 0. The number of aliphatic carboxylic acids is 1. The molecule has 20 heavy (non-hydrogen) atoms. The first-order valence-corrected chi connectivity index (χ1v) is 6.43. The average Bonchev–Trinajstić information content (AvgIpc) is 2.48. The number of benzene rings is 2. The van der Waals surface area contributed by atoms with Crippen LogP contribution in [0.2, 0.25) is 0 Å². The second kappa shape index (κ2) is 6.73. The summed E-state index contributed by atoms with van der Waals surface area (Å²) < 4.78 is 5.47. The summed E-state index contributed by atoms with van der Waals surface area (Å²) in [5, 5.41) is 8.66. The average molecular weight is 271 g/mol. The molecule has 2 rings (SSSR count). The molecule has 3 N–H and O–H groups in total. The first-order valence-electron chi connectivity index (χ1n) is 6.43. The zero-order valence-electron chi connectivity index (χ0n) is 11.0. The van der Waals surface area contributed by atoms with Gasteiger partial charge >= 0.3 is 5.97 Å². The molecule has 104 valence electrons. The van der Waals surface area contributed by atoms with E-state index in [2.05, 4.69) is 0 Å². The quantitative estimate of drug-likeness (QED) is 0.846. The van der Waals surface area contributed by atoms with Crippen molar-refractivity contribution in [2.24, 2.45) is 5.73 Å². The molecule has 0 spiro atoms. The Morgan fingerprint density at radius 2 is 1.65 bits per heavy atom. The smallest absolute Gasteiger partial charge is 0.320 e. The molecule has 4 heteroatoms. The van der Waals surface area contributed by atoms with Gasteiger partial charge in [0.2, 0.25) is 0 Å². The molecule has 2 aromatic rings. The first-order chi connectivity index (χ1) is 9.66. The minimum Gasteiger partial charge on any atom is -0.494 e. The molecule has 4 nitrogen and oxygen atoms in total. The van der Waals surface area contributed by atoms with Crippen LogP contribution in [0.4, 0.5) is 0 Å². The lowest BCUT2D eigenvalue weighted by atomic mass is 10.1. The normalized spacial score (nSPS) is 11.8. The monoisotopic (exact) mass is 271 g/mol. The van der Waals surface area contributed by atoms with Crippen LogP contribution >= 0.6 is 0 Å². The third-order valence-electron chi connectivity index (χ3n) is 2.98. The molecule has 0 heterocycles. The fraction of sp³-hybridized carbons (Fsp3) is 0.188. The zero-order valence-corrected chi connectivity index (χ0v) is 11.0. The van der Waals surface area contributed by atoms with Crippen molar-refractivity contribution in [3.63, 3.8) is 0 Å². The maximum absolute atomic E-state index is 10.6. The van der Waals surface area contributed by atoms with Gasteiger partial charge in [-0.1, -0.05) is 42.5 Å². The number of hydrogen-bond acceptors (Lipinski definition) is 3. The molecule has 0 saturated heterocycles. The second-order valence-corrected chi connectivity index (χ2v) is 4.47. The molecular weight excluding hydrogens is 254 g/mol. The molecule has 0 amide bonds. The van der Waals surface area contributed by atoms with Crippen LogP contribution in [0.3, 0.4) is 0 Å². The Morgan fingerprint density at radius 1 is 1.05 bits per heavy atom. The second-order valence-electron chi connectivity index (χ2n) is 4.47. The van der Waals surface area contributed by atoms with Crippen LogP contribution in [0.5, 0.6) is 5.75 Å². The van der Waals surface area contributed by atoms with Gasteiger partial charge in [0, 0.05) is 6.42 Å². The van der Waals surface area contributed by atoms with Crippen molar-refractivity contribution >= 4 is 5.97 Å². The van der Waals surface area contributed by atoms with E-state index in [4.69, 9.17) is 15.6 Å². The number of carboxylic acid groups (broad SMARTS) is 1.